The molecule has 0 radical (unpaired) electrons. The first-order valence-electron chi connectivity index (χ1n) is 3.65. The number of thiophene rings is 1. The van der Waals surface area contributed by atoms with E-state index in [1.165, 1.54) is 6.08 Å². The molecule has 0 aliphatic rings. The lowest BCUT2D eigenvalue weighted by molar-refractivity contribution is 0.244. The van der Waals surface area contributed by atoms with Gasteiger partial charge >= 0.3 is 6.03 Å². The van der Waals surface area contributed by atoms with E-state index in [-0.39, 0.29) is 5.88 Å². The first-order chi connectivity index (χ1) is 6.18. The van der Waals surface area contributed by atoms with Crippen molar-refractivity contribution >= 4 is 17.4 Å². The van der Waals surface area contributed by atoms with Crippen LogP contribution in [0.5, 0.6) is 0 Å². The molecule has 4 nitrogen and oxygen atoms in total. The smallest absolute Gasteiger partial charge is 0.318 e. The highest BCUT2D eigenvalue weighted by Gasteiger charge is 1.96. The largest absolute Gasteiger partial charge is 0.495 e. The summed E-state index contributed by atoms with van der Waals surface area (Å²) in [5, 5.41) is 15.0. The van der Waals surface area contributed by atoms with E-state index in [4.69, 9.17) is 10.8 Å². The molecule has 0 saturated heterocycles. The zero-order valence-corrected chi connectivity index (χ0v) is 7.67. The summed E-state index contributed by atoms with van der Waals surface area (Å²) in [7, 11) is 0. The molecule has 13 heavy (non-hydrogen) atoms. The third-order valence-electron chi connectivity index (χ3n) is 1.36. The van der Waals surface area contributed by atoms with Crippen LogP contribution in [0.3, 0.4) is 0 Å². The molecule has 5 heteroatoms. The average molecular weight is 198 g/mol. The number of rotatable bonds is 3. The Morgan fingerprint density at radius 1 is 1.77 bits per heavy atom. The van der Waals surface area contributed by atoms with Gasteiger partial charge in [-0.1, -0.05) is 0 Å². The molecule has 0 fully saturated rings. The quantitative estimate of drug-likeness (QED) is 0.641. The van der Waals surface area contributed by atoms with E-state index in [1.54, 1.807) is 11.3 Å². The van der Waals surface area contributed by atoms with Crippen LogP contribution in [-0.4, -0.2) is 11.1 Å². The fourth-order valence-electron chi connectivity index (χ4n) is 0.801. The van der Waals surface area contributed by atoms with Crippen molar-refractivity contribution < 1.29 is 9.90 Å². The molecule has 1 rings (SSSR count). The summed E-state index contributed by atoms with van der Waals surface area (Å²) in [5.74, 6) is -0.210. The normalized spacial score (nSPS) is 11.2. The molecule has 0 spiro atoms. The van der Waals surface area contributed by atoms with Crippen molar-refractivity contribution in [3.05, 3.63) is 34.3 Å². The molecule has 70 valence electrons. The van der Waals surface area contributed by atoms with E-state index in [2.05, 4.69) is 5.32 Å². The highest BCUT2D eigenvalue weighted by atomic mass is 32.1. The van der Waals surface area contributed by atoms with Crippen LogP contribution >= 0.6 is 11.3 Å². The number of nitrogens with two attached hydrogens (primary N) is 1. The first kappa shape index (κ1) is 9.60. The minimum atomic E-state index is -0.765. The molecular weight excluding hydrogens is 188 g/mol. The van der Waals surface area contributed by atoms with Crippen molar-refractivity contribution in [1.82, 2.24) is 5.32 Å². The standard InChI is InChI=1S/C8H10N2O2S/c9-8(12)10-7(11)2-1-6-3-4-13-5-6/h2-5,11H,1H2,(H3,9,10,12)/b7-2-. The van der Waals surface area contributed by atoms with Gasteiger partial charge in [0.15, 0.2) is 5.88 Å². The second-order valence-electron chi connectivity index (χ2n) is 2.41. The van der Waals surface area contributed by atoms with Gasteiger partial charge in [-0.05, 0) is 34.9 Å². The van der Waals surface area contributed by atoms with Crippen molar-refractivity contribution in [2.24, 2.45) is 5.73 Å². The molecule has 0 aliphatic heterocycles. The van der Waals surface area contributed by atoms with Gasteiger partial charge in [0, 0.05) is 0 Å². The van der Waals surface area contributed by atoms with E-state index in [1.807, 2.05) is 16.8 Å². The number of aliphatic hydroxyl groups excluding tert-OH is 1. The van der Waals surface area contributed by atoms with Crippen molar-refractivity contribution in [2.75, 3.05) is 0 Å². The molecule has 1 aromatic rings. The van der Waals surface area contributed by atoms with Gasteiger partial charge in [-0.25, -0.2) is 4.79 Å². The van der Waals surface area contributed by atoms with Gasteiger partial charge in [0.25, 0.3) is 0 Å². The first-order valence-corrected chi connectivity index (χ1v) is 4.59. The van der Waals surface area contributed by atoms with Crippen LogP contribution in [0.15, 0.2) is 28.8 Å². The number of carbonyl (C=O) groups excluding carboxylic acids is 1. The van der Waals surface area contributed by atoms with Gasteiger partial charge in [0.2, 0.25) is 0 Å². The molecule has 4 N–H and O–H groups in total. The van der Waals surface area contributed by atoms with Crippen molar-refractivity contribution in [3.63, 3.8) is 0 Å². The summed E-state index contributed by atoms with van der Waals surface area (Å²) < 4.78 is 0. The van der Waals surface area contributed by atoms with Crippen molar-refractivity contribution in [3.8, 4) is 0 Å². The Labute approximate surface area is 79.7 Å². The third kappa shape index (κ3) is 3.62. The highest BCUT2D eigenvalue weighted by Crippen LogP contribution is 2.07. The van der Waals surface area contributed by atoms with Crippen LogP contribution in [0.2, 0.25) is 0 Å². The number of allylic oxidation sites excluding steroid dienone is 1. The van der Waals surface area contributed by atoms with Crippen LogP contribution in [0.1, 0.15) is 5.56 Å². The maximum absolute atomic E-state index is 10.3. The number of hydrogen-bond acceptors (Lipinski definition) is 3. The summed E-state index contributed by atoms with van der Waals surface area (Å²) in [5.41, 5.74) is 5.88. The van der Waals surface area contributed by atoms with E-state index in [0.29, 0.717) is 6.42 Å². The number of carbonyl (C=O) groups is 1. The second kappa shape index (κ2) is 4.51. The minimum Gasteiger partial charge on any atom is -0.495 e. The number of urea groups is 1. The van der Waals surface area contributed by atoms with Crippen LogP contribution in [-0.2, 0) is 6.42 Å². The minimum absolute atomic E-state index is 0.210. The van der Waals surface area contributed by atoms with Crippen LogP contribution in [0, 0.1) is 0 Å². The van der Waals surface area contributed by atoms with E-state index in [9.17, 15) is 4.79 Å². The fourth-order valence-corrected chi connectivity index (χ4v) is 1.48. The molecule has 0 aromatic carbocycles. The maximum atomic E-state index is 10.3. The Hall–Kier alpha value is -1.49. The number of amides is 2. The summed E-state index contributed by atoms with van der Waals surface area (Å²) in [6.45, 7) is 0. The molecule has 0 aliphatic carbocycles. The Morgan fingerprint density at radius 2 is 2.54 bits per heavy atom. The van der Waals surface area contributed by atoms with Crippen molar-refractivity contribution in [2.45, 2.75) is 6.42 Å². The summed E-state index contributed by atoms with van der Waals surface area (Å²) in [4.78, 5) is 10.3. The molecule has 1 aromatic heterocycles. The summed E-state index contributed by atoms with van der Waals surface area (Å²) >= 11 is 1.58. The van der Waals surface area contributed by atoms with E-state index in [0.717, 1.165) is 5.56 Å². The average Bonchev–Trinajstić information content (AvgIpc) is 2.51. The van der Waals surface area contributed by atoms with Gasteiger partial charge in [-0.2, -0.15) is 11.3 Å². The molecule has 2 amide bonds. The number of nitrogens with one attached hydrogen (secondary N) is 1. The topological polar surface area (TPSA) is 75.4 Å². The molecular formula is C8H10N2O2S. The lowest BCUT2D eigenvalue weighted by atomic mass is 10.2. The van der Waals surface area contributed by atoms with Gasteiger partial charge < -0.3 is 10.8 Å². The van der Waals surface area contributed by atoms with Crippen LogP contribution < -0.4 is 11.1 Å². The molecule has 0 bridgehead atoms. The van der Waals surface area contributed by atoms with Gasteiger partial charge in [-0.3, -0.25) is 5.32 Å². The highest BCUT2D eigenvalue weighted by molar-refractivity contribution is 7.07. The molecule has 0 saturated carbocycles. The van der Waals surface area contributed by atoms with Gasteiger partial charge in [0.05, 0.1) is 0 Å². The molecule has 0 atom stereocenters. The summed E-state index contributed by atoms with van der Waals surface area (Å²) in [6.07, 6.45) is 2.07. The van der Waals surface area contributed by atoms with Crippen LogP contribution in [0.4, 0.5) is 4.79 Å². The summed E-state index contributed by atoms with van der Waals surface area (Å²) in [6, 6.07) is 1.18. The molecule has 1 heterocycles. The number of primary amides is 1. The predicted molar refractivity (Wildman–Crippen MR) is 51.5 cm³/mol. The van der Waals surface area contributed by atoms with E-state index >= 15 is 0 Å². The number of hydrogen-bond donors (Lipinski definition) is 3. The SMILES string of the molecule is NC(=O)N/C(O)=C/Cc1ccsc1. The lowest BCUT2D eigenvalue weighted by Gasteiger charge is -1.98. The maximum Gasteiger partial charge on any atom is 0.318 e. The Bertz CT molecular complexity index is 306. The van der Waals surface area contributed by atoms with Gasteiger partial charge in [0.1, 0.15) is 0 Å². The third-order valence-corrected chi connectivity index (χ3v) is 2.09. The number of aliphatic hydroxyl groups is 1. The predicted octanol–water partition coefficient (Wildman–Crippen LogP) is 1.36. The van der Waals surface area contributed by atoms with Crippen LogP contribution in [0.25, 0.3) is 0 Å². The monoisotopic (exact) mass is 198 g/mol. The Morgan fingerprint density at radius 3 is 3.08 bits per heavy atom. The zero-order valence-electron chi connectivity index (χ0n) is 6.86. The second-order valence-corrected chi connectivity index (χ2v) is 3.19. The Kier molecular flexibility index (Phi) is 3.33. The lowest BCUT2D eigenvalue weighted by Crippen LogP contribution is -2.28. The van der Waals surface area contributed by atoms with Gasteiger partial charge in [-0.15, -0.1) is 0 Å². The fraction of sp³-hybridized carbons (Fsp3) is 0.125. The van der Waals surface area contributed by atoms with Crippen molar-refractivity contribution in [1.29, 1.82) is 0 Å². The zero-order chi connectivity index (χ0) is 9.68. The van der Waals surface area contributed by atoms with E-state index < -0.39 is 6.03 Å². The Balaban J connectivity index is 2.43. The molecule has 0 unspecified atom stereocenters.